The lowest BCUT2D eigenvalue weighted by molar-refractivity contribution is -0.286. The molecule has 0 atom stereocenters. The lowest BCUT2D eigenvalue weighted by atomic mass is 9.82. The molecule has 1 heterocycles. The number of hydroxylamine groups is 2. The summed E-state index contributed by atoms with van der Waals surface area (Å²) in [6.07, 6.45) is 4.86. The Kier molecular flexibility index (Phi) is 7.39. The number of carboxylic acid groups (broad SMARTS) is 1. The number of hydrogen-bond donors (Lipinski definition) is 1. The lowest BCUT2D eigenvalue weighted by Gasteiger charge is -2.46. The summed E-state index contributed by atoms with van der Waals surface area (Å²) in [7, 11) is 0. The number of rotatable bonds is 4. The van der Waals surface area contributed by atoms with E-state index in [0.29, 0.717) is 5.56 Å². The molecule has 1 radical (unpaired) electrons. The molecular weight excluding hydrogens is 350 g/mol. The van der Waals surface area contributed by atoms with Crippen molar-refractivity contribution in [2.75, 3.05) is 0 Å². The molecule has 4 nitrogen and oxygen atoms in total. The first-order valence-corrected chi connectivity index (χ1v) is 9.96. The van der Waals surface area contributed by atoms with Crippen molar-refractivity contribution in [3.63, 3.8) is 0 Å². The van der Waals surface area contributed by atoms with E-state index in [0.717, 1.165) is 31.2 Å². The Morgan fingerprint density at radius 3 is 1.96 bits per heavy atom. The van der Waals surface area contributed by atoms with Crippen LogP contribution >= 0.6 is 0 Å². The summed E-state index contributed by atoms with van der Waals surface area (Å²) in [6.45, 7) is 8.11. The molecule has 1 fully saturated rings. The third kappa shape index (κ3) is 5.91. The number of aryl methyl sites for hydroxylation is 2. The third-order valence-corrected chi connectivity index (χ3v) is 5.45. The van der Waals surface area contributed by atoms with E-state index >= 15 is 0 Å². The van der Waals surface area contributed by atoms with Crippen LogP contribution in [-0.2, 0) is 18.0 Å². The Morgan fingerprint density at radius 1 is 0.893 bits per heavy atom. The van der Waals surface area contributed by atoms with Crippen LogP contribution in [0.15, 0.2) is 54.6 Å². The molecule has 1 aliphatic heterocycles. The summed E-state index contributed by atoms with van der Waals surface area (Å²) in [6, 6.07) is 17.3. The van der Waals surface area contributed by atoms with Gasteiger partial charge in [-0.25, -0.2) is 4.79 Å². The molecule has 0 amide bonds. The average molecular weight is 383 g/mol. The second-order valence-electron chi connectivity index (χ2n) is 8.72. The Bertz CT molecular complexity index is 752. The topological polar surface area (TPSA) is 60.4 Å². The maximum atomic E-state index is 11.7. The predicted octanol–water partition coefficient (Wildman–Crippen LogP) is 5.55. The van der Waals surface area contributed by atoms with Gasteiger partial charge in [-0.3, -0.25) is 0 Å². The zero-order valence-electron chi connectivity index (χ0n) is 17.4. The summed E-state index contributed by atoms with van der Waals surface area (Å²) in [5.74, 6) is -0.853. The maximum absolute atomic E-state index is 11.7. The molecular formula is C24H32NO3. The molecule has 0 aliphatic carbocycles. The van der Waals surface area contributed by atoms with E-state index in [4.69, 9.17) is 5.11 Å². The lowest BCUT2D eigenvalue weighted by Crippen LogP contribution is -2.55. The van der Waals surface area contributed by atoms with E-state index in [1.807, 2.05) is 58.0 Å². The molecule has 2 aromatic carbocycles. The van der Waals surface area contributed by atoms with E-state index in [9.17, 15) is 10.0 Å². The first kappa shape index (κ1) is 22.1. The van der Waals surface area contributed by atoms with Crippen LogP contribution in [0, 0.1) is 0 Å². The van der Waals surface area contributed by atoms with Crippen molar-refractivity contribution >= 4 is 5.97 Å². The first-order chi connectivity index (χ1) is 13.1. The van der Waals surface area contributed by atoms with Gasteiger partial charge in [-0.15, -0.1) is 10.3 Å². The van der Waals surface area contributed by atoms with E-state index in [-0.39, 0.29) is 11.1 Å². The molecule has 0 saturated carbocycles. The first-order valence-electron chi connectivity index (χ1n) is 9.96. The average Bonchev–Trinajstić information content (AvgIpc) is 2.66. The fourth-order valence-electron chi connectivity index (χ4n) is 3.85. The minimum Gasteiger partial charge on any atom is -0.478 e. The molecule has 1 aliphatic rings. The number of hydrogen-bond acceptors (Lipinski definition) is 2. The molecule has 1 saturated heterocycles. The number of carbonyl (C=O) groups is 1. The van der Waals surface area contributed by atoms with Crippen molar-refractivity contribution in [2.24, 2.45) is 0 Å². The summed E-state index contributed by atoms with van der Waals surface area (Å²) in [5, 5.41) is 22.0. The van der Waals surface area contributed by atoms with Crippen LogP contribution in [0.1, 0.15) is 68.4 Å². The van der Waals surface area contributed by atoms with Crippen LogP contribution in [-0.4, -0.2) is 27.2 Å². The van der Waals surface area contributed by atoms with Gasteiger partial charge in [0.25, 0.3) is 0 Å². The monoisotopic (exact) mass is 382 g/mol. The smallest absolute Gasteiger partial charge is 0.335 e. The number of aromatic carboxylic acids is 1. The minimum atomic E-state index is -0.853. The van der Waals surface area contributed by atoms with Gasteiger partial charge < -0.3 is 5.11 Å². The highest BCUT2D eigenvalue weighted by Crippen LogP contribution is 2.36. The third-order valence-electron chi connectivity index (χ3n) is 5.45. The van der Waals surface area contributed by atoms with Crippen LogP contribution < -0.4 is 0 Å². The normalized spacial score (nSPS) is 18.0. The van der Waals surface area contributed by atoms with Crippen LogP contribution in [0.5, 0.6) is 0 Å². The molecule has 28 heavy (non-hydrogen) atoms. The van der Waals surface area contributed by atoms with Gasteiger partial charge in [0.05, 0.1) is 5.56 Å². The molecule has 0 spiro atoms. The molecule has 0 aromatic heterocycles. The minimum absolute atomic E-state index is 0.151. The van der Waals surface area contributed by atoms with E-state index in [2.05, 4.69) is 12.1 Å². The Morgan fingerprint density at radius 2 is 1.43 bits per heavy atom. The molecule has 4 heteroatoms. The van der Waals surface area contributed by atoms with Gasteiger partial charge in [0.1, 0.15) is 0 Å². The fourth-order valence-corrected chi connectivity index (χ4v) is 3.85. The summed E-state index contributed by atoms with van der Waals surface area (Å²) >= 11 is 0. The summed E-state index contributed by atoms with van der Waals surface area (Å²) in [4.78, 5) is 11.0. The van der Waals surface area contributed by atoms with Gasteiger partial charge in [0, 0.05) is 11.1 Å². The van der Waals surface area contributed by atoms with Crippen molar-refractivity contribution in [2.45, 2.75) is 70.9 Å². The van der Waals surface area contributed by atoms with E-state index in [1.54, 1.807) is 12.1 Å². The Labute approximate surface area is 168 Å². The summed E-state index contributed by atoms with van der Waals surface area (Å²) in [5.41, 5.74) is 2.23. The largest absolute Gasteiger partial charge is 0.478 e. The molecule has 151 valence electrons. The van der Waals surface area contributed by atoms with Crippen LogP contribution in [0.3, 0.4) is 0 Å². The predicted molar refractivity (Wildman–Crippen MR) is 112 cm³/mol. The van der Waals surface area contributed by atoms with Crippen molar-refractivity contribution < 1.29 is 15.1 Å². The Balaban J connectivity index is 0.000000221. The number of piperidine rings is 1. The van der Waals surface area contributed by atoms with Gasteiger partial charge in [-0.1, -0.05) is 48.5 Å². The van der Waals surface area contributed by atoms with Crippen molar-refractivity contribution in [1.82, 2.24) is 5.06 Å². The van der Waals surface area contributed by atoms with Crippen molar-refractivity contribution in [3.8, 4) is 0 Å². The number of carboxylic acids is 1. The van der Waals surface area contributed by atoms with Gasteiger partial charge in [0.2, 0.25) is 0 Å². The zero-order valence-corrected chi connectivity index (χ0v) is 17.4. The highest BCUT2D eigenvalue weighted by atomic mass is 16.5. The second kappa shape index (κ2) is 9.35. The maximum Gasteiger partial charge on any atom is 0.335 e. The Hall–Kier alpha value is -2.17. The van der Waals surface area contributed by atoms with E-state index in [1.165, 1.54) is 17.0 Å². The van der Waals surface area contributed by atoms with Gasteiger partial charge in [-0.2, -0.15) is 0 Å². The highest BCUT2D eigenvalue weighted by Gasteiger charge is 2.41. The second-order valence-corrected chi connectivity index (χ2v) is 8.72. The molecule has 2 aromatic rings. The van der Waals surface area contributed by atoms with Crippen molar-refractivity contribution in [3.05, 3.63) is 71.3 Å². The van der Waals surface area contributed by atoms with Crippen molar-refractivity contribution in [1.29, 1.82) is 0 Å². The highest BCUT2D eigenvalue weighted by molar-refractivity contribution is 5.89. The number of nitrogens with zero attached hydrogens (tertiary/aromatic N) is 1. The zero-order chi connectivity index (χ0) is 20.8. The molecule has 0 unspecified atom stereocenters. The molecule has 0 bridgehead atoms. The molecule has 3 rings (SSSR count). The summed E-state index contributed by atoms with van der Waals surface area (Å²) < 4.78 is 0. The van der Waals surface area contributed by atoms with Crippen LogP contribution in [0.4, 0.5) is 0 Å². The van der Waals surface area contributed by atoms with Crippen LogP contribution in [0.2, 0.25) is 0 Å². The quantitative estimate of drug-likeness (QED) is 0.754. The molecule has 1 N–H and O–H groups in total. The van der Waals surface area contributed by atoms with Crippen LogP contribution in [0.25, 0.3) is 0 Å². The standard InChI is InChI=1S/C15H14O2.C9H18NO/c16-15(17)14-9-5-4-8-13(14)11-10-12-6-2-1-3-7-12;1-8(2)6-5-7-9(3,4)10(8)11/h1-9H,10-11H2,(H,16,17);5-7H2,1-4H3. The number of benzene rings is 2. The fraction of sp³-hybridized carbons (Fsp3) is 0.458. The SMILES string of the molecule is CC1(C)CCCC(C)(C)N1[O].O=C(O)c1ccccc1CCc1ccccc1. The van der Waals surface area contributed by atoms with Gasteiger partial charge in [-0.05, 0) is 77.0 Å². The van der Waals surface area contributed by atoms with Gasteiger partial charge >= 0.3 is 5.97 Å². The van der Waals surface area contributed by atoms with Gasteiger partial charge in [0.15, 0.2) is 0 Å². The van der Waals surface area contributed by atoms with E-state index < -0.39 is 5.97 Å².